The molecule has 11 heteroatoms. The molecule has 3 heterocycles. The van der Waals surface area contributed by atoms with E-state index < -0.39 is 0 Å². The van der Waals surface area contributed by atoms with Crippen molar-refractivity contribution in [1.82, 2.24) is 39.5 Å². The van der Waals surface area contributed by atoms with Crippen molar-refractivity contribution in [1.29, 1.82) is 0 Å². The molecule has 3 rings (SSSR count). The maximum atomic E-state index is 5.97. The summed E-state index contributed by atoms with van der Waals surface area (Å²) < 4.78 is 2.81. The molecule has 3 N–H and O–H groups in total. The molecule has 0 unspecified atom stereocenters. The van der Waals surface area contributed by atoms with E-state index in [9.17, 15) is 0 Å². The first-order chi connectivity index (χ1) is 9.67. The quantitative estimate of drug-likeness (QED) is 0.506. The molecular weight excluding hydrogens is 284 g/mol. The highest BCUT2D eigenvalue weighted by Crippen LogP contribution is 2.15. The Kier molecular flexibility index (Phi) is 3.00. The molecule has 0 amide bonds. The summed E-state index contributed by atoms with van der Waals surface area (Å²) >= 11 is 5.97. The zero-order valence-electron chi connectivity index (χ0n) is 10.3. The van der Waals surface area contributed by atoms with Crippen LogP contribution in [0.25, 0.3) is 11.9 Å². The van der Waals surface area contributed by atoms with Gasteiger partial charge in [0.25, 0.3) is 11.9 Å². The molecule has 0 aliphatic rings. The maximum Gasteiger partial charge on any atom is 0.258 e. The van der Waals surface area contributed by atoms with Crippen LogP contribution in [0.4, 0.5) is 5.95 Å². The summed E-state index contributed by atoms with van der Waals surface area (Å²) in [5, 5.41) is 8.65. The van der Waals surface area contributed by atoms with Crippen LogP contribution >= 0.6 is 11.6 Å². The van der Waals surface area contributed by atoms with Crippen molar-refractivity contribution in [3.8, 4) is 11.9 Å². The zero-order chi connectivity index (χ0) is 14.1. The first-order valence-corrected chi connectivity index (χ1v) is 5.85. The molecule has 0 saturated heterocycles. The number of nitrogens with one attached hydrogen (secondary N) is 1. The second-order valence-corrected chi connectivity index (χ2v) is 4.16. The van der Waals surface area contributed by atoms with Gasteiger partial charge in [-0.15, -0.1) is 0 Å². The lowest BCUT2D eigenvalue weighted by molar-refractivity contribution is 0.741. The number of anilines is 1. The van der Waals surface area contributed by atoms with Gasteiger partial charge in [-0.05, 0) is 6.92 Å². The van der Waals surface area contributed by atoms with Gasteiger partial charge in [-0.2, -0.15) is 29.8 Å². The van der Waals surface area contributed by atoms with Crippen molar-refractivity contribution in [3.05, 3.63) is 29.6 Å². The van der Waals surface area contributed by atoms with E-state index in [1.54, 1.807) is 13.1 Å². The van der Waals surface area contributed by atoms with Crippen LogP contribution in [0, 0.1) is 6.92 Å². The van der Waals surface area contributed by atoms with E-state index in [-0.39, 0.29) is 17.8 Å². The van der Waals surface area contributed by atoms with Gasteiger partial charge in [-0.3, -0.25) is 5.43 Å². The highest BCUT2D eigenvalue weighted by Gasteiger charge is 2.12. The Morgan fingerprint density at radius 2 is 1.95 bits per heavy atom. The van der Waals surface area contributed by atoms with Gasteiger partial charge in [0.1, 0.15) is 12.7 Å². The van der Waals surface area contributed by atoms with Crippen LogP contribution in [0.5, 0.6) is 0 Å². The first-order valence-electron chi connectivity index (χ1n) is 5.47. The highest BCUT2D eigenvalue weighted by molar-refractivity contribution is 6.31. The Morgan fingerprint density at radius 1 is 1.20 bits per heavy atom. The molecular formula is C9H9ClN10. The Bertz CT molecular complexity index is 714. The minimum Gasteiger partial charge on any atom is -0.292 e. The van der Waals surface area contributed by atoms with E-state index in [1.807, 2.05) is 0 Å². The molecule has 3 aromatic rings. The topological polar surface area (TPSA) is 125 Å². The van der Waals surface area contributed by atoms with Crippen LogP contribution in [-0.4, -0.2) is 39.5 Å². The third kappa shape index (κ3) is 2.17. The number of aromatic nitrogens is 8. The third-order valence-electron chi connectivity index (χ3n) is 2.41. The first kappa shape index (κ1) is 12.4. The van der Waals surface area contributed by atoms with Gasteiger partial charge in [-0.1, -0.05) is 11.6 Å². The van der Waals surface area contributed by atoms with Gasteiger partial charge in [0.2, 0.25) is 5.95 Å². The number of rotatable bonds is 3. The lowest BCUT2D eigenvalue weighted by Gasteiger charge is -2.05. The standard InChI is InChI=1S/C9H9ClN10/c1-5-6(10)2-19(18-5)8-14-7(17-11)15-9(16-8)20-4-12-3-13-20/h2-4H,11H2,1H3,(H,14,15,16,17). The summed E-state index contributed by atoms with van der Waals surface area (Å²) in [7, 11) is 0. The lowest BCUT2D eigenvalue weighted by Crippen LogP contribution is -2.16. The van der Waals surface area contributed by atoms with Crippen LogP contribution in [0.3, 0.4) is 0 Å². The van der Waals surface area contributed by atoms with Gasteiger partial charge >= 0.3 is 0 Å². The van der Waals surface area contributed by atoms with Crippen LogP contribution in [-0.2, 0) is 0 Å². The Morgan fingerprint density at radius 3 is 2.50 bits per heavy atom. The van der Waals surface area contributed by atoms with E-state index >= 15 is 0 Å². The summed E-state index contributed by atoms with van der Waals surface area (Å²) in [6.07, 6.45) is 4.42. The number of hydrazine groups is 1. The Balaban J connectivity index is 2.13. The minimum atomic E-state index is 0.171. The predicted octanol–water partition coefficient (Wildman–Crippen LogP) is -0.115. The summed E-state index contributed by atoms with van der Waals surface area (Å²) in [6.45, 7) is 1.78. The van der Waals surface area contributed by atoms with Gasteiger partial charge in [0.05, 0.1) is 16.9 Å². The average Bonchev–Trinajstić information content (AvgIpc) is 3.09. The fraction of sp³-hybridized carbons (Fsp3) is 0.111. The molecule has 0 radical (unpaired) electrons. The molecule has 20 heavy (non-hydrogen) atoms. The van der Waals surface area contributed by atoms with Crippen molar-refractivity contribution in [3.63, 3.8) is 0 Å². The van der Waals surface area contributed by atoms with Gasteiger partial charge in [-0.25, -0.2) is 15.5 Å². The second kappa shape index (κ2) is 4.83. The Labute approximate surface area is 117 Å². The van der Waals surface area contributed by atoms with Crippen molar-refractivity contribution in [2.45, 2.75) is 6.92 Å². The molecule has 0 aromatic carbocycles. The molecule has 0 atom stereocenters. The fourth-order valence-electron chi connectivity index (χ4n) is 1.48. The molecule has 102 valence electrons. The van der Waals surface area contributed by atoms with Crippen LogP contribution in [0.2, 0.25) is 5.02 Å². The summed E-state index contributed by atoms with van der Waals surface area (Å²) in [5.74, 6) is 6.03. The third-order valence-corrected chi connectivity index (χ3v) is 2.78. The molecule has 0 aliphatic heterocycles. The van der Waals surface area contributed by atoms with E-state index in [0.717, 1.165) is 0 Å². The molecule has 10 nitrogen and oxygen atoms in total. The van der Waals surface area contributed by atoms with E-state index in [2.05, 4.69) is 35.6 Å². The fourth-order valence-corrected chi connectivity index (χ4v) is 1.61. The summed E-state index contributed by atoms with van der Waals surface area (Å²) in [6, 6.07) is 0. The number of nitrogen functional groups attached to an aromatic ring is 1. The molecule has 0 spiro atoms. The van der Waals surface area contributed by atoms with Crippen molar-refractivity contribution >= 4 is 17.5 Å². The lowest BCUT2D eigenvalue weighted by atomic mass is 10.5. The molecule has 3 aromatic heterocycles. The number of hydrogen-bond donors (Lipinski definition) is 2. The molecule has 0 fully saturated rings. The normalized spacial score (nSPS) is 10.8. The zero-order valence-corrected chi connectivity index (χ0v) is 11.0. The van der Waals surface area contributed by atoms with E-state index in [0.29, 0.717) is 10.7 Å². The van der Waals surface area contributed by atoms with Crippen molar-refractivity contribution < 1.29 is 0 Å². The van der Waals surface area contributed by atoms with E-state index in [1.165, 1.54) is 22.0 Å². The monoisotopic (exact) mass is 292 g/mol. The molecule has 0 aliphatic carbocycles. The molecule has 0 saturated carbocycles. The Hall–Kier alpha value is -2.59. The number of hydrogen-bond acceptors (Lipinski definition) is 8. The minimum absolute atomic E-state index is 0.171. The van der Waals surface area contributed by atoms with E-state index in [4.69, 9.17) is 17.4 Å². The largest absolute Gasteiger partial charge is 0.292 e. The van der Waals surface area contributed by atoms with Gasteiger partial charge in [0, 0.05) is 0 Å². The van der Waals surface area contributed by atoms with Crippen molar-refractivity contribution in [2.24, 2.45) is 5.84 Å². The van der Waals surface area contributed by atoms with Gasteiger partial charge < -0.3 is 0 Å². The number of aryl methyl sites for hydroxylation is 1. The van der Waals surface area contributed by atoms with Crippen LogP contribution in [0.15, 0.2) is 18.9 Å². The van der Waals surface area contributed by atoms with Crippen molar-refractivity contribution in [2.75, 3.05) is 5.43 Å². The maximum absolute atomic E-state index is 5.97. The SMILES string of the molecule is Cc1nn(-c2nc(NN)nc(-n3cncn3)n2)cc1Cl. The van der Waals surface area contributed by atoms with Crippen LogP contribution < -0.4 is 11.3 Å². The number of halogens is 1. The van der Waals surface area contributed by atoms with Crippen LogP contribution in [0.1, 0.15) is 5.69 Å². The predicted molar refractivity (Wildman–Crippen MR) is 69.4 cm³/mol. The number of nitrogens with two attached hydrogens (primary N) is 1. The average molecular weight is 293 g/mol. The highest BCUT2D eigenvalue weighted by atomic mass is 35.5. The van der Waals surface area contributed by atoms with Gasteiger partial charge in [0.15, 0.2) is 0 Å². The molecule has 0 bridgehead atoms. The smallest absolute Gasteiger partial charge is 0.258 e. The summed E-state index contributed by atoms with van der Waals surface area (Å²) in [4.78, 5) is 16.2. The number of nitrogens with zero attached hydrogens (tertiary/aromatic N) is 8. The summed E-state index contributed by atoms with van der Waals surface area (Å²) in [5.41, 5.74) is 3.03. The second-order valence-electron chi connectivity index (χ2n) is 3.75.